The van der Waals surface area contributed by atoms with Crippen molar-refractivity contribution >= 4 is 5.91 Å². The Morgan fingerprint density at radius 2 is 1.88 bits per heavy atom. The summed E-state index contributed by atoms with van der Waals surface area (Å²) in [5.74, 6) is 1.83. The number of carbonyl (C=O) groups excluding carboxylic acids is 1. The summed E-state index contributed by atoms with van der Waals surface area (Å²) in [6.45, 7) is 10.8. The molecule has 0 aliphatic carbocycles. The number of carbonyl (C=O) groups is 1. The second-order valence-electron chi connectivity index (χ2n) is 6.76. The van der Waals surface area contributed by atoms with Gasteiger partial charge >= 0.3 is 0 Å². The van der Waals surface area contributed by atoms with Crippen molar-refractivity contribution in [3.8, 4) is 11.5 Å². The molecule has 1 amide bonds. The van der Waals surface area contributed by atoms with Gasteiger partial charge in [-0.1, -0.05) is 13.0 Å². The zero-order chi connectivity index (χ0) is 17.6. The second kappa shape index (κ2) is 8.54. The van der Waals surface area contributed by atoms with Gasteiger partial charge in [0.2, 0.25) is 5.91 Å². The quantitative estimate of drug-likeness (QED) is 0.845. The van der Waals surface area contributed by atoms with Gasteiger partial charge in [-0.05, 0) is 31.0 Å². The second-order valence-corrected chi connectivity index (χ2v) is 6.76. The van der Waals surface area contributed by atoms with Crippen molar-refractivity contribution in [1.29, 1.82) is 0 Å². The maximum atomic E-state index is 12.1. The van der Waals surface area contributed by atoms with Crippen molar-refractivity contribution < 1.29 is 14.3 Å². The van der Waals surface area contributed by atoms with Crippen LogP contribution in [-0.2, 0) is 11.3 Å². The Balaban J connectivity index is 1.48. The molecule has 2 aliphatic heterocycles. The lowest BCUT2D eigenvalue weighted by Gasteiger charge is -2.37. The fraction of sp³-hybridized carbons (Fsp3) is 0.632. The van der Waals surface area contributed by atoms with Crippen LogP contribution in [0.15, 0.2) is 18.2 Å². The molecule has 1 atom stereocenters. The first-order valence-electron chi connectivity index (χ1n) is 9.30. The van der Waals surface area contributed by atoms with Crippen LogP contribution in [0, 0.1) is 0 Å². The number of benzene rings is 1. The zero-order valence-corrected chi connectivity index (χ0v) is 15.3. The van der Waals surface area contributed by atoms with Gasteiger partial charge in [-0.3, -0.25) is 14.6 Å². The topological polar surface area (TPSA) is 54.0 Å². The van der Waals surface area contributed by atoms with E-state index in [1.807, 2.05) is 13.0 Å². The van der Waals surface area contributed by atoms with Crippen LogP contribution in [0.5, 0.6) is 11.5 Å². The van der Waals surface area contributed by atoms with E-state index in [1.54, 1.807) is 0 Å². The molecule has 3 rings (SSSR count). The third kappa shape index (κ3) is 4.64. The molecule has 138 valence electrons. The highest BCUT2D eigenvalue weighted by molar-refractivity contribution is 5.81. The number of amides is 1. The van der Waals surface area contributed by atoms with E-state index in [0.717, 1.165) is 57.2 Å². The van der Waals surface area contributed by atoms with Crippen molar-refractivity contribution in [3.63, 3.8) is 0 Å². The molecule has 0 aromatic heterocycles. The molecule has 0 bridgehead atoms. The molecular weight excluding hydrogens is 318 g/mol. The van der Waals surface area contributed by atoms with E-state index in [-0.39, 0.29) is 11.9 Å². The van der Waals surface area contributed by atoms with Crippen molar-refractivity contribution in [2.75, 3.05) is 45.9 Å². The van der Waals surface area contributed by atoms with Crippen LogP contribution in [0.2, 0.25) is 0 Å². The molecule has 0 spiro atoms. The highest BCUT2D eigenvalue weighted by Crippen LogP contribution is 2.31. The van der Waals surface area contributed by atoms with Crippen LogP contribution in [0.1, 0.15) is 25.8 Å². The van der Waals surface area contributed by atoms with Crippen LogP contribution >= 0.6 is 0 Å². The van der Waals surface area contributed by atoms with Gasteiger partial charge in [0.05, 0.1) is 6.04 Å². The molecule has 6 heteroatoms. The SMILES string of the molecule is CCCNC(=O)C(C)N1CCN(Cc2ccc3c(c2)OCCO3)CC1. The molecule has 1 unspecified atom stereocenters. The molecule has 0 radical (unpaired) electrons. The van der Waals surface area contributed by atoms with E-state index in [0.29, 0.717) is 13.2 Å². The predicted octanol–water partition coefficient (Wildman–Crippen LogP) is 1.49. The Bertz CT molecular complexity index is 585. The molecule has 2 heterocycles. The van der Waals surface area contributed by atoms with Gasteiger partial charge in [-0.2, -0.15) is 0 Å². The average molecular weight is 347 g/mol. The highest BCUT2D eigenvalue weighted by Gasteiger charge is 2.25. The molecule has 2 aliphatic rings. The molecule has 1 fully saturated rings. The van der Waals surface area contributed by atoms with Crippen LogP contribution in [0.3, 0.4) is 0 Å². The number of hydrogen-bond donors (Lipinski definition) is 1. The van der Waals surface area contributed by atoms with Crippen LogP contribution < -0.4 is 14.8 Å². The molecule has 0 saturated carbocycles. The maximum Gasteiger partial charge on any atom is 0.237 e. The Kier molecular flexibility index (Phi) is 6.15. The van der Waals surface area contributed by atoms with E-state index in [1.165, 1.54) is 5.56 Å². The van der Waals surface area contributed by atoms with Crippen LogP contribution in [-0.4, -0.2) is 67.7 Å². The van der Waals surface area contributed by atoms with E-state index in [4.69, 9.17) is 9.47 Å². The summed E-state index contributed by atoms with van der Waals surface area (Å²) < 4.78 is 11.2. The Labute approximate surface area is 150 Å². The molecule has 1 aromatic carbocycles. The standard InChI is InChI=1S/C19H29N3O3/c1-3-6-20-19(23)15(2)22-9-7-21(8-10-22)14-16-4-5-17-18(13-16)25-12-11-24-17/h4-5,13,15H,3,6-12,14H2,1-2H3,(H,20,23). The molecule has 6 nitrogen and oxygen atoms in total. The fourth-order valence-electron chi connectivity index (χ4n) is 3.31. The van der Waals surface area contributed by atoms with Gasteiger partial charge in [0.15, 0.2) is 11.5 Å². The van der Waals surface area contributed by atoms with Gasteiger partial charge in [0, 0.05) is 39.3 Å². The zero-order valence-electron chi connectivity index (χ0n) is 15.3. The lowest BCUT2D eigenvalue weighted by molar-refractivity contribution is -0.126. The van der Waals surface area contributed by atoms with Crippen molar-refractivity contribution in [3.05, 3.63) is 23.8 Å². The number of rotatable bonds is 6. The summed E-state index contributed by atoms with van der Waals surface area (Å²) >= 11 is 0. The molecular formula is C19H29N3O3. The maximum absolute atomic E-state index is 12.1. The van der Waals surface area contributed by atoms with Crippen LogP contribution in [0.25, 0.3) is 0 Å². The first-order valence-corrected chi connectivity index (χ1v) is 9.30. The number of nitrogens with one attached hydrogen (secondary N) is 1. The Morgan fingerprint density at radius 1 is 1.16 bits per heavy atom. The summed E-state index contributed by atoms with van der Waals surface area (Å²) in [5, 5.41) is 2.99. The predicted molar refractivity (Wildman–Crippen MR) is 97.0 cm³/mol. The number of hydrogen-bond acceptors (Lipinski definition) is 5. The summed E-state index contributed by atoms with van der Waals surface area (Å²) in [6, 6.07) is 6.14. The van der Waals surface area contributed by atoms with E-state index in [2.05, 4.69) is 34.2 Å². The largest absolute Gasteiger partial charge is 0.486 e. The summed E-state index contributed by atoms with van der Waals surface area (Å²) in [7, 11) is 0. The third-order valence-electron chi connectivity index (χ3n) is 4.90. The lowest BCUT2D eigenvalue weighted by atomic mass is 10.1. The van der Waals surface area contributed by atoms with Crippen molar-refractivity contribution in [2.24, 2.45) is 0 Å². The smallest absolute Gasteiger partial charge is 0.237 e. The van der Waals surface area contributed by atoms with Gasteiger partial charge in [-0.25, -0.2) is 0 Å². The lowest BCUT2D eigenvalue weighted by Crippen LogP contribution is -2.53. The average Bonchev–Trinajstić information content (AvgIpc) is 2.66. The molecule has 1 N–H and O–H groups in total. The minimum atomic E-state index is -0.0528. The minimum absolute atomic E-state index is 0.0528. The highest BCUT2D eigenvalue weighted by atomic mass is 16.6. The van der Waals surface area contributed by atoms with E-state index < -0.39 is 0 Å². The normalized spacial score (nSPS) is 19.4. The summed E-state index contributed by atoms with van der Waals surface area (Å²) in [6.07, 6.45) is 0.974. The number of ether oxygens (including phenoxy) is 2. The molecule has 1 saturated heterocycles. The van der Waals surface area contributed by atoms with E-state index >= 15 is 0 Å². The Morgan fingerprint density at radius 3 is 2.60 bits per heavy atom. The van der Waals surface area contributed by atoms with E-state index in [9.17, 15) is 4.79 Å². The van der Waals surface area contributed by atoms with Gasteiger partial charge < -0.3 is 14.8 Å². The first-order chi connectivity index (χ1) is 12.2. The Hall–Kier alpha value is -1.79. The van der Waals surface area contributed by atoms with Gasteiger partial charge in [0.1, 0.15) is 13.2 Å². The summed E-state index contributed by atoms with van der Waals surface area (Å²) in [5.41, 5.74) is 1.24. The van der Waals surface area contributed by atoms with Crippen molar-refractivity contribution in [1.82, 2.24) is 15.1 Å². The molecule has 1 aromatic rings. The number of fused-ring (bicyclic) bond motifs is 1. The third-order valence-corrected chi connectivity index (χ3v) is 4.90. The molecule has 25 heavy (non-hydrogen) atoms. The van der Waals surface area contributed by atoms with Crippen molar-refractivity contribution in [2.45, 2.75) is 32.9 Å². The summed E-state index contributed by atoms with van der Waals surface area (Å²) in [4.78, 5) is 16.8. The van der Waals surface area contributed by atoms with Crippen LogP contribution in [0.4, 0.5) is 0 Å². The fourth-order valence-corrected chi connectivity index (χ4v) is 3.31. The number of nitrogens with zero attached hydrogens (tertiary/aromatic N) is 2. The van der Waals surface area contributed by atoms with Gasteiger partial charge in [-0.15, -0.1) is 0 Å². The first kappa shape index (κ1) is 18.0. The monoisotopic (exact) mass is 347 g/mol. The number of piperazine rings is 1. The van der Waals surface area contributed by atoms with Gasteiger partial charge in [0.25, 0.3) is 0 Å². The minimum Gasteiger partial charge on any atom is -0.486 e.